The maximum atomic E-state index is 12.5. The topological polar surface area (TPSA) is 153 Å². The Balaban J connectivity index is 0.000000243. The summed E-state index contributed by atoms with van der Waals surface area (Å²) in [5.41, 5.74) is 22.6. The lowest BCUT2D eigenvalue weighted by Crippen LogP contribution is -2.23. The number of aryl methyl sites for hydroxylation is 3. The summed E-state index contributed by atoms with van der Waals surface area (Å²) in [4.78, 5) is 40.2. The van der Waals surface area contributed by atoms with Gasteiger partial charge in [-0.25, -0.2) is 19.1 Å². The number of anilines is 5. The van der Waals surface area contributed by atoms with Crippen LogP contribution in [0.25, 0.3) is 0 Å². The molecule has 14 heteroatoms. The number of imidazole rings is 1. The van der Waals surface area contributed by atoms with Crippen molar-refractivity contribution < 1.29 is 14.2 Å². The molecular formula is C50H59ClN11O2+. The van der Waals surface area contributed by atoms with E-state index in [0.717, 1.165) is 65.6 Å². The predicted octanol–water partition coefficient (Wildman–Crippen LogP) is 7.63. The van der Waals surface area contributed by atoms with Crippen molar-refractivity contribution in [2.24, 2.45) is 28.5 Å². The second kappa shape index (κ2) is 22.1. The molecule has 0 saturated heterocycles. The number of nitrogens with zero attached hydrogens (tertiary/aromatic N) is 7. The number of hydrogen-bond acceptors (Lipinski definition) is 11. The minimum Gasteiger partial charge on any atom is -0.397 e. The number of nitrogens with two attached hydrogens (primary N) is 2. The molecule has 1 aromatic heterocycles. The first-order valence-corrected chi connectivity index (χ1v) is 20.8. The molecule has 0 fully saturated rings. The van der Waals surface area contributed by atoms with Crippen molar-refractivity contribution in [3.8, 4) is 0 Å². The predicted molar refractivity (Wildman–Crippen MR) is 267 cm³/mol. The molecule has 64 heavy (non-hydrogen) atoms. The number of ketones is 2. The minimum atomic E-state index is -0.170. The maximum Gasteiger partial charge on any atom is 0.243 e. The highest BCUT2D eigenvalue weighted by Gasteiger charge is 2.19. The van der Waals surface area contributed by atoms with E-state index in [1.165, 1.54) is 17.7 Å². The van der Waals surface area contributed by atoms with Crippen LogP contribution in [0.4, 0.5) is 39.8 Å². The first-order chi connectivity index (χ1) is 30.2. The van der Waals surface area contributed by atoms with Crippen molar-refractivity contribution in [1.82, 2.24) is 4.57 Å². The third-order valence-electron chi connectivity index (χ3n) is 10.3. The van der Waals surface area contributed by atoms with Gasteiger partial charge >= 0.3 is 0 Å². The number of halogens is 1. The van der Waals surface area contributed by atoms with Gasteiger partial charge in [0.2, 0.25) is 17.9 Å². The average molecular weight is 882 g/mol. The molecular weight excluding hydrogens is 822 g/mol. The van der Waals surface area contributed by atoms with Crippen molar-refractivity contribution >= 4 is 75.2 Å². The monoisotopic (exact) mass is 880 g/mol. The molecule has 0 atom stereocenters. The molecule has 0 saturated carbocycles. The zero-order chi connectivity index (χ0) is 45.0. The first-order valence-electron chi connectivity index (χ1n) is 20.8. The van der Waals surface area contributed by atoms with E-state index in [9.17, 15) is 9.59 Å². The number of carbonyl (C=O) groups is 2. The van der Waals surface area contributed by atoms with Crippen LogP contribution in [0.15, 0.2) is 173 Å². The van der Waals surface area contributed by atoms with Gasteiger partial charge in [0.1, 0.15) is 12.4 Å². The molecule has 2 aliphatic rings. The third kappa shape index (κ3) is 13.3. The van der Waals surface area contributed by atoms with E-state index in [4.69, 9.17) is 11.5 Å². The van der Waals surface area contributed by atoms with E-state index in [1.807, 2.05) is 149 Å². The van der Waals surface area contributed by atoms with Gasteiger partial charge in [-0.1, -0.05) is 12.1 Å². The van der Waals surface area contributed by atoms with Gasteiger partial charge in [-0.15, -0.1) is 12.4 Å². The fourth-order valence-corrected chi connectivity index (χ4v) is 6.65. The van der Waals surface area contributed by atoms with Crippen molar-refractivity contribution in [1.29, 1.82) is 0 Å². The van der Waals surface area contributed by atoms with E-state index in [1.54, 1.807) is 12.2 Å². The summed E-state index contributed by atoms with van der Waals surface area (Å²) in [5.74, 6) is -0.331. The van der Waals surface area contributed by atoms with E-state index >= 15 is 0 Å². The summed E-state index contributed by atoms with van der Waals surface area (Å²) in [6, 6.07) is 31.8. The van der Waals surface area contributed by atoms with Crippen LogP contribution in [0, 0.1) is 0 Å². The summed E-state index contributed by atoms with van der Waals surface area (Å²) in [7, 11) is 14.0. The fraction of sp³-hybridized carbons (Fsp3) is 0.220. The number of aliphatic imine (C=N–C) groups is 2. The normalized spacial score (nSPS) is 14.6. The van der Waals surface area contributed by atoms with Crippen molar-refractivity contribution in [3.63, 3.8) is 0 Å². The summed E-state index contributed by atoms with van der Waals surface area (Å²) in [6.45, 7) is 1.02. The highest BCUT2D eigenvalue weighted by molar-refractivity contribution is 6.23. The highest BCUT2D eigenvalue weighted by atomic mass is 35.5. The fourth-order valence-electron chi connectivity index (χ4n) is 6.65. The molecule has 13 nitrogen and oxygen atoms in total. The molecule has 4 aromatic carbocycles. The molecule has 0 radical (unpaired) electrons. The number of benzene rings is 4. The van der Waals surface area contributed by atoms with Crippen molar-refractivity contribution in [2.45, 2.75) is 25.8 Å². The molecule has 6 N–H and O–H groups in total. The molecule has 0 aliphatic heterocycles. The maximum absolute atomic E-state index is 12.5. The molecule has 0 bridgehead atoms. The van der Waals surface area contributed by atoms with Gasteiger partial charge in [-0.3, -0.25) is 9.59 Å². The Morgan fingerprint density at radius 3 is 1.38 bits per heavy atom. The largest absolute Gasteiger partial charge is 0.397 e. The lowest BCUT2D eigenvalue weighted by atomic mass is 10.0. The smallest absolute Gasteiger partial charge is 0.243 e. The number of hydrogen-bond donors (Lipinski definition) is 4. The summed E-state index contributed by atoms with van der Waals surface area (Å²) in [6.07, 6.45) is 15.8. The van der Waals surface area contributed by atoms with Gasteiger partial charge in [0.05, 0.1) is 59.2 Å². The Hall–Kier alpha value is -7.38. The molecule has 0 amide bonds. The molecule has 0 unspecified atom stereocenters. The van der Waals surface area contributed by atoms with Gasteiger partial charge < -0.3 is 36.8 Å². The average Bonchev–Trinajstić information content (AvgIpc) is 3.68. The lowest BCUT2D eigenvalue weighted by Gasteiger charge is -2.16. The lowest BCUT2D eigenvalue weighted by molar-refractivity contribution is -0.671. The summed E-state index contributed by atoms with van der Waals surface area (Å²) >= 11 is 0. The SMILES string of the molecule is CN(C)c1ccc(N=C2C=C(Nc3ccc(CCCCn4cc[n+](C)c4)cc3)C(=O)C=C2N)cc1.CN(C)c1ccc(N=C2C=C(Nc3ccc(N(C)C)cc3)C(=O)C=C2N)cc1.Cl. The van der Waals surface area contributed by atoms with Crippen LogP contribution >= 0.6 is 12.4 Å². The van der Waals surface area contributed by atoms with Crippen LogP contribution in [-0.2, 0) is 29.6 Å². The minimum absolute atomic E-state index is 0. The second-order valence-electron chi connectivity index (χ2n) is 16.0. The zero-order valence-electron chi connectivity index (χ0n) is 37.6. The number of allylic oxidation sites excluding steroid dienone is 4. The van der Waals surface area contributed by atoms with Gasteiger partial charge in [0.25, 0.3) is 0 Å². The first kappa shape index (κ1) is 47.7. The van der Waals surface area contributed by atoms with Gasteiger partial charge in [-0.05, 0) is 122 Å². The molecule has 0 spiro atoms. The van der Waals surface area contributed by atoms with E-state index in [2.05, 4.69) is 60.6 Å². The van der Waals surface area contributed by atoms with Crippen LogP contribution in [0.2, 0.25) is 0 Å². The van der Waals surface area contributed by atoms with Crippen LogP contribution < -0.4 is 41.4 Å². The van der Waals surface area contributed by atoms with Crippen molar-refractivity contribution in [3.05, 3.63) is 168 Å². The Labute approximate surface area is 382 Å². The molecule has 1 heterocycles. The van der Waals surface area contributed by atoms with Gasteiger partial charge in [0.15, 0.2) is 0 Å². The Bertz CT molecular complexity index is 2580. The van der Waals surface area contributed by atoms with E-state index in [0.29, 0.717) is 34.2 Å². The third-order valence-corrected chi connectivity index (χ3v) is 10.3. The number of nitrogens with one attached hydrogen (secondary N) is 2. The standard InChI is InChI=1S/C28H32N6O.C22H25N5O.ClH/c1-32(2)24-13-11-23(12-14-24)30-26-19-27(28(35)18-25(26)29)31-22-9-7-21(8-10-22)6-4-5-15-34-17-16-33(3)20-34;1-26(2)17-9-5-15(6-10-17)24-20-14-21(22(28)13-19(20)23)25-16-7-11-18(12-8-16)27(3)4;/h7-14,16-20H,4-6,15H2,1-3H3,(H2-,29,30,31,35);5-14,25H,23H2,1-4H3;1H/p+1. The Morgan fingerprint density at radius 2 is 0.984 bits per heavy atom. The number of aromatic nitrogens is 2. The highest BCUT2D eigenvalue weighted by Crippen LogP contribution is 2.24. The quantitative estimate of drug-likeness (QED) is 0.0501. The van der Waals surface area contributed by atoms with Gasteiger partial charge in [0, 0.05) is 82.9 Å². The van der Waals surface area contributed by atoms with Crippen LogP contribution in [0.1, 0.15) is 18.4 Å². The molecule has 2 aliphatic carbocycles. The summed E-state index contributed by atoms with van der Waals surface area (Å²) in [5, 5.41) is 6.39. The Kier molecular flexibility index (Phi) is 16.5. The molecule has 5 aromatic rings. The number of rotatable bonds is 14. The molecule has 332 valence electrons. The summed E-state index contributed by atoms with van der Waals surface area (Å²) < 4.78 is 4.26. The number of unbranched alkanes of at least 4 members (excludes halogenated alkanes) is 1. The van der Waals surface area contributed by atoms with E-state index < -0.39 is 0 Å². The number of carbonyl (C=O) groups excluding carboxylic acids is 2. The molecule has 7 rings (SSSR count). The van der Waals surface area contributed by atoms with Crippen LogP contribution in [-0.4, -0.2) is 69.8 Å². The Morgan fingerprint density at radius 1 is 0.578 bits per heavy atom. The van der Waals surface area contributed by atoms with Crippen LogP contribution in [0.5, 0.6) is 0 Å². The van der Waals surface area contributed by atoms with E-state index in [-0.39, 0.29) is 24.0 Å². The van der Waals surface area contributed by atoms with Crippen LogP contribution in [0.3, 0.4) is 0 Å². The van der Waals surface area contributed by atoms with Gasteiger partial charge in [-0.2, -0.15) is 0 Å². The zero-order valence-corrected chi connectivity index (χ0v) is 38.4. The van der Waals surface area contributed by atoms with Crippen molar-refractivity contribution in [2.75, 3.05) is 67.6 Å². The second-order valence-corrected chi connectivity index (χ2v) is 16.0.